The average molecular weight is 435 g/mol. The summed E-state index contributed by atoms with van der Waals surface area (Å²) in [5, 5.41) is 3.12. The number of carbonyl (C=O) groups is 1. The minimum Gasteiger partial charge on any atom is -0.339 e. The highest BCUT2D eigenvalue weighted by Gasteiger charge is 2.29. The van der Waals surface area contributed by atoms with Gasteiger partial charge in [-0.1, -0.05) is 72.8 Å². The molecule has 6 heteroatoms. The fourth-order valence-electron chi connectivity index (χ4n) is 3.28. The molecular formula is C25H26N2O3S. The van der Waals surface area contributed by atoms with E-state index in [9.17, 15) is 13.2 Å². The number of hydrogen-bond donors (Lipinski definition) is 1. The summed E-state index contributed by atoms with van der Waals surface area (Å²) in [5.41, 5.74) is 1.98. The predicted octanol–water partition coefficient (Wildman–Crippen LogP) is 4.03. The summed E-state index contributed by atoms with van der Waals surface area (Å²) in [7, 11) is -0.500. The van der Waals surface area contributed by atoms with Crippen molar-refractivity contribution >= 4 is 22.0 Å². The summed E-state index contributed by atoms with van der Waals surface area (Å²) in [5.74, 6) is -0.250. The Morgan fingerprint density at radius 3 is 1.77 bits per heavy atom. The molecule has 0 aliphatic rings. The number of nitrogens with one attached hydrogen (secondary N) is 1. The van der Waals surface area contributed by atoms with Crippen molar-refractivity contribution in [1.82, 2.24) is 9.62 Å². The van der Waals surface area contributed by atoms with E-state index in [0.717, 1.165) is 16.7 Å². The maximum absolute atomic E-state index is 12.8. The molecular weight excluding hydrogens is 408 g/mol. The van der Waals surface area contributed by atoms with Gasteiger partial charge >= 0.3 is 0 Å². The molecule has 3 aromatic rings. The van der Waals surface area contributed by atoms with Crippen molar-refractivity contribution in [3.63, 3.8) is 0 Å². The lowest BCUT2D eigenvalue weighted by atomic mass is 9.84. The predicted molar refractivity (Wildman–Crippen MR) is 124 cm³/mol. The van der Waals surface area contributed by atoms with Gasteiger partial charge in [-0.05, 0) is 41.8 Å². The second-order valence-electron chi connectivity index (χ2n) is 7.54. The molecule has 0 bridgehead atoms. The van der Waals surface area contributed by atoms with E-state index in [2.05, 4.69) is 5.32 Å². The van der Waals surface area contributed by atoms with Gasteiger partial charge in [-0.15, -0.1) is 0 Å². The number of carbonyl (C=O) groups excluding carboxylic acids is 1. The second kappa shape index (κ2) is 9.29. The van der Waals surface area contributed by atoms with Gasteiger partial charge in [0.1, 0.15) is 0 Å². The van der Waals surface area contributed by atoms with Crippen LogP contribution < -0.4 is 5.32 Å². The zero-order chi connectivity index (χ0) is 22.5. The van der Waals surface area contributed by atoms with Crippen molar-refractivity contribution < 1.29 is 13.2 Å². The Balaban J connectivity index is 1.81. The fourth-order valence-corrected chi connectivity index (χ4v) is 4.18. The fraction of sp³-hybridized carbons (Fsp3) is 0.160. The van der Waals surface area contributed by atoms with Gasteiger partial charge in [0.15, 0.2) is 0 Å². The van der Waals surface area contributed by atoms with Crippen molar-refractivity contribution in [3.05, 3.63) is 108 Å². The van der Waals surface area contributed by atoms with E-state index in [4.69, 9.17) is 0 Å². The first kappa shape index (κ1) is 22.5. The Bertz CT molecular complexity index is 1110. The van der Waals surface area contributed by atoms with Gasteiger partial charge in [0.25, 0.3) is 0 Å². The zero-order valence-corrected chi connectivity index (χ0v) is 18.6. The molecule has 0 radical (unpaired) electrons. The summed E-state index contributed by atoms with van der Waals surface area (Å²) in [6.45, 7) is 1.98. The maximum atomic E-state index is 12.8. The third-order valence-corrected chi connectivity index (χ3v) is 6.99. The van der Waals surface area contributed by atoms with Crippen LogP contribution in [-0.2, 0) is 20.4 Å². The monoisotopic (exact) mass is 434 g/mol. The summed E-state index contributed by atoms with van der Waals surface area (Å²) >= 11 is 0. The molecule has 0 saturated heterocycles. The van der Waals surface area contributed by atoms with Crippen LogP contribution in [0, 0.1) is 0 Å². The SMILES string of the molecule is CN(C)S(=O)(=O)c1ccc(/C=C/C(=O)NC(C)(c2ccccc2)c2ccccc2)cc1. The molecule has 0 atom stereocenters. The number of rotatable bonds is 7. The van der Waals surface area contributed by atoms with Crippen molar-refractivity contribution in [1.29, 1.82) is 0 Å². The molecule has 1 N–H and O–H groups in total. The quantitative estimate of drug-likeness (QED) is 0.571. The van der Waals surface area contributed by atoms with E-state index < -0.39 is 15.6 Å². The molecule has 160 valence electrons. The zero-order valence-electron chi connectivity index (χ0n) is 17.8. The van der Waals surface area contributed by atoms with Gasteiger partial charge in [0.05, 0.1) is 10.4 Å². The normalized spacial score (nSPS) is 12.3. The van der Waals surface area contributed by atoms with E-state index >= 15 is 0 Å². The minimum absolute atomic E-state index is 0.208. The van der Waals surface area contributed by atoms with Crippen LogP contribution >= 0.6 is 0 Å². The average Bonchev–Trinajstić information content (AvgIpc) is 2.79. The second-order valence-corrected chi connectivity index (χ2v) is 9.69. The van der Waals surface area contributed by atoms with Crippen LogP contribution in [0.2, 0.25) is 0 Å². The number of sulfonamides is 1. The summed E-state index contributed by atoms with van der Waals surface area (Å²) < 4.78 is 25.5. The molecule has 0 fully saturated rings. The molecule has 0 saturated carbocycles. The topological polar surface area (TPSA) is 66.5 Å². The van der Waals surface area contributed by atoms with Crippen molar-refractivity contribution in [2.24, 2.45) is 0 Å². The van der Waals surface area contributed by atoms with Crippen LogP contribution in [0.3, 0.4) is 0 Å². The first-order valence-corrected chi connectivity index (χ1v) is 11.3. The Labute approximate surface area is 184 Å². The third-order valence-electron chi connectivity index (χ3n) is 5.16. The Morgan fingerprint density at radius 1 is 0.839 bits per heavy atom. The molecule has 3 aromatic carbocycles. The third kappa shape index (κ3) is 5.10. The van der Waals surface area contributed by atoms with E-state index in [1.807, 2.05) is 67.6 Å². The Hall–Kier alpha value is -3.22. The van der Waals surface area contributed by atoms with E-state index in [-0.39, 0.29) is 10.8 Å². The highest BCUT2D eigenvalue weighted by molar-refractivity contribution is 7.89. The number of hydrogen-bond acceptors (Lipinski definition) is 3. The van der Waals surface area contributed by atoms with Crippen molar-refractivity contribution in [2.45, 2.75) is 17.4 Å². The lowest BCUT2D eigenvalue weighted by Gasteiger charge is -2.31. The van der Waals surface area contributed by atoms with Crippen LogP contribution in [0.5, 0.6) is 0 Å². The lowest BCUT2D eigenvalue weighted by Crippen LogP contribution is -2.43. The standard InChI is InChI=1S/C25H26N2O3S/c1-25(21-10-6-4-7-11-21,22-12-8-5-9-13-22)26-24(28)19-16-20-14-17-23(18-15-20)31(29,30)27(2)3/h4-19H,1-3H3,(H,26,28)/b19-16+. The first-order valence-electron chi connectivity index (χ1n) is 9.87. The number of nitrogens with zero attached hydrogens (tertiary/aromatic N) is 1. The summed E-state index contributed by atoms with van der Waals surface area (Å²) in [6, 6.07) is 26.0. The highest BCUT2D eigenvalue weighted by atomic mass is 32.2. The van der Waals surface area contributed by atoms with Crippen LogP contribution in [-0.4, -0.2) is 32.7 Å². The summed E-state index contributed by atoms with van der Waals surface area (Å²) in [4.78, 5) is 13.0. The highest BCUT2D eigenvalue weighted by Crippen LogP contribution is 2.29. The molecule has 0 aromatic heterocycles. The molecule has 31 heavy (non-hydrogen) atoms. The van der Waals surface area contributed by atoms with Gasteiger partial charge in [0.2, 0.25) is 15.9 Å². The molecule has 0 aliphatic carbocycles. The molecule has 0 unspecified atom stereocenters. The van der Waals surface area contributed by atoms with E-state index in [1.165, 1.54) is 36.6 Å². The molecule has 0 heterocycles. The molecule has 3 rings (SSSR count). The van der Waals surface area contributed by atoms with Crippen molar-refractivity contribution in [3.8, 4) is 0 Å². The van der Waals surface area contributed by atoms with Crippen LogP contribution in [0.4, 0.5) is 0 Å². The summed E-state index contributed by atoms with van der Waals surface area (Å²) in [6.07, 6.45) is 3.12. The largest absolute Gasteiger partial charge is 0.339 e. The Morgan fingerprint density at radius 2 is 1.32 bits per heavy atom. The van der Waals surface area contributed by atoms with E-state index in [1.54, 1.807) is 18.2 Å². The van der Waals surface area contributed by atoms with Gasteiger partial charge in [-0.25, -0.2) is 12.7 Å². The van der Waals surface area contributed by atoms with Gasteiger partial charge < -0.3 is 5.32 Å². The smallest absolute Gasteiger partial charge is 0.244 e. The molecule has 1 amide bonds. The van der Waals surface area contributed by atoms with Gasteiger partial charge in [-0.3, -0.25) is 4.79 Å². The molecule has 0 spiro atoms. The van der Waals surface area contributed by atoms with Crippen molar-refractivity contribution in [2.75, 3.05) is 14.1 Å². The van der Waals surface area contributed by atoms with Crippen LogP contribution in [0.1, 0.15) is 23.6 Å². The van der Waals surface area contributed by atoms with Gasteiger partial charge in [-0.2, -0.15) is 0 Å². The van der Waals surface area contributed by atoms with Gasteiger partial charge in [0, 0.05) is 20.2 Å². The maximum Gasteiger partial charge on any atom is 0.244 e. The van der Waals surface area contributed by atoms with Crippen LogP contribution in [0.25, 0.3) is 6.08 Å². The minimum atomic E-state index is -3.48. The number of amides is 1. The molecule has 0 aliphatic heterocycles. The first-order chi connectivity index (χ1) is 14.7. The van der Waals surface area contributed by atoms with E-state index in [0.29, 0.717) is 0 Å². The van der Waals surface area contributed by atoms with Crippen LogP contribution in [0.15, 0.2) is 95.9 Å². The Kier molecular flexibility index (Phi) is 6.73. The lowest BCUT2D eigenvalue weighted by molar-refractivity contribution is -0.117. The molecule has 5 nitrogen and oxygen atoms in total. The number of benzene rings is 3.